The summed E-state index contributed by atoms with van der Waals surface area (Å²) in [6.07, 6.45) is 3.20. The molecular formula is C20H24ClN5O2. The minimum absolute atomic E-state index is 0.0751. The van der Waals surface area contributed by atoms with Crippen LogP contribution < -0.4 is 10.5 Å². The average molecular weight is 402 g/mol. The number of anilines is 1. The highest BCUT2D eigenvalue weighted by atomic mass is 35.5. The number of carbonyl (C=O) groups excluding carboxylic acids is 1. The number of amides is 1. The number of H-pyrrole nitrogens is 1. The molecular weight excluding hydrogens is 378 g/mol. The molecule has 2 aromatic heterocycles. The Balaban J connectivity index is 2.01. The summed E-state index contributed by atoms with van der Waals surface area (Å²) in [7, 11) is 0. The van der Waals surface area contributed by atoms with Gasteiger partial charge in [-0.2, -0.15) is 9.50 Å². The molecule has 0 spiro atoms. The lowest BCUT2D eigenvalue weighted by Gasteiger charge is -2.20. The molecule has 7 nitrogen and oxygen atoms in total. The molecule has 0 saturated heterocycles. The number of benzene rings is 1. The molecule has 1 N–H and O–H groups in total. The van der Waals surface area contributed by atoms with E-state index in [1.807, 2.05) is 18.2 Å². The first-order valence-electron chi connectivity index (χ1n) is 9.42. The minimum atomic E-state index is -0.225. The Morgan fingerprint density at radius 3 is 2.68 bits per heavy atom. The standard InChI is InChI=1S/C20H24ClN5O2/c1-4-5-6-11-17(27)25(12-15-9-7-8-10-16(15)21)20-23-19-22-14(3)13(2)18(28)26(19)24-20/h7-10H,4-6,11-12H2,1-3H3,(H,22,23,24). The summed E-state index contributed by atoms with van der Waals surface area (Å²) in [5.74, 6) is 0.457. The number of nitrogens with zero attached hydrogens (tertiary/aromatic N) is 4. The summed E-state index contributed by atoms with van der Waals surface area (Å²) < 4.78 is 1.27. The Labute approximate surface area is 168 Å². The van der Waals surface area contributed by atoms with Gasteiger partial charge in [-0.15, -0.1) is 0 Å². The fraction of sp³-hybridized carbons (Fsp3) is 0.400. The van der Waals surface area contributed by atoms with Crippen molar-refractivity contribution in [2.75, 3.05) is 4.90 Å². The second kappa shape index (κ2) is 8.56. The summed E-state index contributed by atoms with van der Waals surface area (Å²) in [4.78, 5) is 35.8. The van der Waals surface area contributed by atoms with Gasteiger partial charge in [0.15, 0.2) is 0 Å². The fourth-order valence-electron chi connectivity index (χ4n) is 2.95. The van der Waals surface area contributed by atoms with Gasteiger partial charge in [-0.1, -0.05) is 49.6 Å². The molecule has 0 atom stereocenters. The first-order chi connectivity index (χ1) is 13.4. The summed E-state index contributed by atoms with van der Waals surface area (Å²) in [6.45, 7) is 5.84. The molecule has 2 heterocycles. The van der Waals surface area contributed by atoms with Crippen LogP contribution in [-0.2, 0) is 11.3 Å². The van der Waals surface area contributed by atoms with E-state index in [-0.39, 0.29) is 29.7 Å². The molecule has 8 heteroatoms. The molecule has 0 aliphatic heterocycles. The maximum absolute atomic E-state index is 12.9. The quantitative estimate of drug-likeness (QED) is 0.610. The summed E-state index contributed by atoms with van der Waals surface area (Å²) in [5, 5.41) is 3.51. The molecule has 0 bridgehead atoms. The van der Waals surface area contributed by atoms with E-state index in [0.29, 0.717) is 22.7 Å². The lowest BCUT2D eigenvalue weighted by molar-refractivity contribution is -0.118. The molecule has 28 heavy (non-hydrogen) atoms. The largest absolute Gasteiger partial charge is 0.277 e. The van der Waals surface area contributed by atoms with E-state index in [0.717, 1.165) is 24.8 Å². The smallest absolute Gasteiger partial charge is 0.277 e. The highest BCUT2D eigenvalue weighted by Gasteiger charge is 2.22. The van der Waals surface area contributed by atoms with Gasteiger partial charge in [-0.05, 0) is 31.9 Å². The molecule has 0 radical (unpaired) electrons. The number of aromatic nitrogens is 4. The molecule has 1 aromatic carbocycles. The van der Waals surface area contributed by atoms with Crippen molar-refractivity contribution in [2.24, 2.45) is 0 Å². The Kier molecular flexibility index (Phi) is 6.14. The van der Waals surface area contributed by atoms with Crippen LogP contribution in [0, 0.1) is 13.8 Å². The fourth-order valence-corrected chi connectivity index (χ4v) is 3.15. The normalized spacial score (nSPS) is 11.1. The Morgan fingerprint density at radius 1 is 1.21 bits per heavy atom. The van der Waals surface area contributed by atoms with E-state index in [1.54, 1.807) is 19.9 Å². The van der Waals surface area contributed by atoms with E-state index in [1.165, 1.54) is 9.42 Å². The predicted molar refractivity (Wildman–Crippen MR) is 110 cm³/mol. The Bertz CT molecular complexity index is 1060. The molecule has 3 aromatic rings. The van der Waals surface area contributed by atoms with E-state index < -0.39 is 0 Å². The lowest BCUT2D eigenvalue weighted by Crippen LogP contribution is -2.31. The maximum atomic E-state index is 12.9. The van der Waals surface area contributed by atoms with Crippen molar-refractivity contribution >= 4 is 29.2 Å². The molecule has 3 rings (SSSR count). The van der Waals surface area contributed by atoms with Gasteiger partial charge < -0.3 is 0 Å². The van der Waals surface area contributed by atoms with Gasteiger partial charge in [0, 0.05) is 22.7 Å². The Hall–Kier alpha value is -2.67. The number of rotatable bonds is 7. The van der Waals surface area contributed by atoms with Gasteiger partial charge >= 0.3 is 0 Å². The third-order valence-corrected chi connectivity index (χ3v) is 5.16. The minimum Gasteiger partial charge on any atom is -0.277 e. The van der Waals surface area contributed by atoms with Crippen molar-refractivity contribution in [2.45, 2.75) is 53.0 Å². The van der Waals surface area contributed by atoms with Crippen molar-refractivity contribution in [3.8, 4) is 0 Å². The van der Waals surface area contributed by atoms with Crippen LogP contribution in [0.15, 0.2) is 29.1 Å². The van der Waals surface area contributed by atoms with Gasteiger partial charge in [0.2, 0.25) is 11.9 Å². The number of halogens is 1. The lowest BCUT2D eigenvalue weighted by atomic mass is 10.1. The van der Waals surface area contributed by atoms with Crippen molar-refractivity contribution in [1.29, 1.82) is 0 Å². The average Bonchev–Trinajstić information content (AvgIpc) is 3.09. The second-order valence-electron chi connectivity index (χ2n) is 6.84. The van der Waals surface area contributed by atoms with Crippen molar-refractivity contribution < 1.29 is 4.79 Å². The SMILES string of the molecule is CCCCCC(=O)N(Cc1ccccc1Cl)c1nc2nc(C)c(C)c(=O)n2[nH]1. The van der Waals surface area contributed by atoms with E-state index >= 15 is 0 Å². The third kappa shape index (κ3) is 4.09. The van der Waals surface area contributed by atoms with Gasteiger partial charge in [-0.3, -0.25) is 19.6 Å². The van der Waals surface area contributed by atoms with E-state index in [9.17, 15) is 9.59 Å². The van der Waals surface area contributed by atoms with Gasteiger partial charge in [-0.25, -0.2) is 4.98 Å². The van der Waals surface area contributed by atoms with Gasteiger partial charge in [0.05, 0.1) is 6.54 Å². The van der Waals surface area contributed by atoms with Crippen LogP contribution in [0.3, 0.4) is 0 Å². The zero-order valence-electron chi connectivity index (χ0n) is 16.3. The van der Waals surface area contributed by atoms with Gasteiger partial charge in [0.1, 0.15) is 0 Å². The van der Waals surface area contributed by atoms with Crippen LogP contribution in [0.2, 0.25) is 5.02 Å². The molecule has 1 amide bonds. The number of hydrogen-bond donors (Lipinski definition) is 1. The van der Waals surface area contributed by atoms with E-state index in [4.69, 9.17) is 11.6 Å². The molecule has 0 aliphatic rings. The molecule has 0 saturated carbocycles. The highest BCUT2D eigenvalue weighted by molar-refractivity contribution is 6.31. The number of aromatic amines is 1. The zero-order valence-corrected chi connectivity index (χ0v) is 17.1. The number of hydrogen-bond acceptors (Lipinski definition) is 4. The monoisotopic (exact) mass is 401 g/mol. The van der Waals surface area contributed by atoms with Crippen LogP contribution >= 0.6 is 11.6 Å². The molecule has 0 unspecified atom stereocenters. The topological polar surface area (TPSA) is 83.4 Å². The van der Waals surface area contributed by atoms with Crippen LogP contribution in [-0.4, -0.2) is 25.5 Å². The second-order valence-corrected chi connectivity index (χ2v) is 7.25. The number of unbranched alkanes of at least 4 members (excludes halogenated alkanes) is 2. The van der Waals surface area contributed by atoms with Crippen LogP contribution in [0.4, 0.5) is 5.95 Å². The summed E-state index contributed by atoms with van der Waals surface area (Å²) >= 11 is 6.30. The predicted octanol–water partition coefficient (Wildman–Crippen LogP) is 3.80. The van der Waals surface area contributed by atoms with E-state index in [2.05, 4.69) is 22.0 Å². The number of fused-ring (bicyclic) bond motifs is 1. The third-order valence-electron chi connectivity index (χ3n) is 4.79. The first kappa shape index (κ1) is 20.1. The Morgan fingerprint density at radius 2 is 1.96 bits per heavy atom. The van der Waals surface area contributed by atoms with Gasteiger partial charge in [0.25, 0.3) is 11.3 Å². The maximum Gasteiger partial charge on any atom is 0.277 e. The zero-order chi connectivity index (χ0) is 20.3. The first-order valence-corrected chi connectivity index (χ1v) is 9.80. The summed E-state index contributed by atoms with van der Waals surface area (Å²) in [5.41, 5.74) is 1.74. The number of carbonyl (C=O) groups is 1. The number of nitrogens with one attached hydrogen (secondary N) is 1. The van der Waals surface area contributed by atoms with Crippen LogP contribution in [0.1, 0.15) is 49.4 Å². The van der Waals surface area contributed by atoms with Crippen molar-refractivity contribution in [3.63, 3.8) is 0 Å². The summed E-state index contributed by atoms with van der Waals surface area (Å²) in [6, 6.07) is 7.37. The highest BCUT2D eigenvalue weighted by Crippen LogP contribution is 2.21. The molecule has 0 aliphatic carbocycles. The van der Waals surface area contributed by atoms with Crippen LogP contribution in [0.5, 0.6) is 0 Å². The van der Waals surface area contributed by atoms with Crippen LogP contribution in [0.25, 0.3) is 5.78 Å². The molecule has 148 valence electrons. The number of aryl methyl sites for hydroxylation is 1. The van der Waals surface area contributed by atoms with Crippen molar-refractivity contribution in [1.82, 2.24) is 19.6 Å². The molecule has 0 fully saturated rings. The van der Waals surface area contributed by atoms with Crippen molar-refractivity contribution in [3.05, 3.63) is 56.5 Å².